The van der Waals surface area contributed by atoms with Crippen LogP contribution in [0.4, 0.5) is 0 Å². The van der Waals surface area contributed by atoms with Crippen molar-refractivity contribution in [2.75, 3.05) is 6.16 Å². The van der Waals surface area contributed by atoms with Gasteiger partial charge in [-0.25, -0.2) is 0 Å². The summed E-state index contributed by atoms with van der Waals surface area (Å²) < 4.78 is 23.4. The van der Waals surface area contributed by atoms with Crippen molar-refractivity contribution < 1.29 is 13.6 Å². The molecule has 0 heterocycles. The Kier molecular flexibility index (Phi) is 9.21. The fraction of sp³-hybridized carbons (Fsp3) is 1.00. The van der Waals surface area contributed by atoms with E-state index in [0.29, 0.717) is 6.16 Å². The molecule has 0 spiro atoms. The van der Waals surface area contributed by atoms with Crippen molar-refractivity contribution in [3.05, 3.63) is 0 Å². The van der Waals surface area contributed by atoms with E-state index < -0.39 is 7.60 Å². The summed E-state index contributed by atoms with van der Waals surface area (Å²) >= 11 is 0. The molecule has 0 saturated carbocycles. The maximum absolute atomic E-state index is 12.4. The molecule has 104 valence electrons. The molecule has 0 aromatic rings. The Morgan fingerprint density at radius 1 is 0.882 bits per heavy atom. The molecule has 0 aromatic carbocycles. The van der Waals surface area contributed by atoms with Gasteiger partial charge in [-0.05, 0) is 34.1 Å². The van der Waals surface area contributed by atoms with Crippen LogP contribution < -0.4 is 0 Å². The summed E-state index contributed by atoms with van der Waals surface area (Å²) in [6.45, 7) is 9.77. The molecule has 0 bridgehead atoms. The van der Waals surface area contributed by atoms with Gasteiger partial charge in [-0.1, -0.05) is 32.6 Å². The summed E-state index contributed by atoms with van der Waals surface area (Å²) in [5.74, 6) is 0. The lowest BCUT2D eigenvalue weighted by molar-refractivity contribution is 0.142. The fourth-order valence-electron chi connectivity index (χ4n) is 1.68. The molecular formula is C13H29O3P. The molecule has 0 aromatic heterocycles. The minimum absolute atomic E-state index is 0.0461. The second kappa shape index (κ2) is 9.13. The van der Waals surface area contributed by atoms with E-state index >= 15 is 0 Å². The highest BCUT2D eigenvalue weighted by molar-refractivity contribution is 7.53. The van der Waals surface area contributed by atoms with Gasteiger partial charge in [-0.3, -0.25) is 4.57 Å². The van der Waals surface area contributed by atoms with Crippen LogP contribution in [0.5, 0.6) is 0 Å². The molecule has 0 aliphatic rings. The van der Waals surface area contributed by atoms with Crippen LogP contribution in [-0.4, -0.2) is 18.4 Å². The standard InChI is InChI=1S/C13H29O3P/c1-6-7-8-9-10-11-17(14,15-12(2)3)16-13(4)5/h12-13H,6-11H2,1-5H3. The maximum atomic E-state index is 12.4. The summed E-state index contributed by atoms with van der Waals surface area (Å²) in [5, 5.41) is 0. The van der Waals surface area contributed by atoms with E-state index in [2.05, 4.69) is 6.92 Å². The quantitative estimate of drug-likeness (QED) is 0.411. The highest BCUT2D eigenvalue weighted by atomic mass is 31.2. The fourth-order valence-corrected chi connectivity index (χ4v) is 3.84. The molecule has 0 atom stereocenters. The van der Waals surface area contributed by atoms with E-state index in [-0.39, 0.29) is 12.2 Å². The van der Waals surface area contributed by atoms with Gasteiger partial charge in [0.15, 0.2) is 0 Å². The Morgan fingerprint density at radius 2 is 1.35 bits per heavy atom. The predicted molar refractivity (Wildman–Crippen MR) is 73.7 cm³/mol. The summed E-state index contributed by atoms with van der Waals surface area (Å²) in [5.41, 5.74) is 0. The molecule has 0 radical (unpaired) electrons. The lowest BCUT2D eigenvalue weighted by atomic mass is 10.2. The lowest BCUT2D eigenvalue weighted by Crippen LogP contribution is -2.10. The van der Waals surface area contributed by atoms with Crippen LogP contribution in [0, 0.1) is 0 Å². The highest BCUT2D eigenvalue weighted by Gasteiger charge is 2.26. The topological polar surface area (TPSA) is 35.5 Å². The van der Waals surface area contributed by atoms with E-state index in [1.807, 2.05) is 27.7 Å². The number of hydrogen-bond acceptors (Lipinski definition) is 3. The van der Waals surface area contributed by atoms with E-state index in [4.69, 9.17) is 9.05 Å². The van der Waals surface area contributed by atoms with Gasteiger partial charge >= 0.3 is 7.60 Å². The molecule has 17 heavy (non-hydrogen) atoms. The maximum Gasteiger partial charge on any atom is 0.331 e. The first kappa shape index (κ1) is 17.2. The van der Waals surface area contributed by atoms with Crippen molar-refractivity contribution in [3.8, 4) is 0 Å². The summed E-state index contributed by atoms with van der Waals surface area (Å²) in [4.78, 5) is 0. The van der Waals surface area contributed by atoms with Gasteiger partial charge in [0.2, 0.25) is 0 Å². The van der Waals surface area contributed by atoms with Crippen molar-refractivity contribution in [1.29, 1.82) is 0 Å². The number of unbranched alkanes of at least 4 members (excludes halogenated alkanes) is 4. The third-order valence-electron chi connectivity index (χ3n) is 2.28. The van der Waals surface area contributed by atoms with Crippen LogP contribution in [0.15, 0.2) is 0 Å². The Hall–Kier alpha value is 0.150. The third-order valence-corrected chi connectivity index (χ3v) is 4.63. The van der Waals surface area contributed by atoms with Gasteiger partial charge in [-0.2, -0.15) is 0 Å². The van der Waals surface area contributed by atoms with E-state index in [9.17, 15) is 4.57 Å². The predicted octanol–water partition coefficient (Wildman–Crippen LogP) is 5.00. The van der Waals surface area contributed by atoms with Crippen molar-refractivity contribution in [3.63, 3.8) is 0 Å². The van der Waals surface area contributed by atoms with Crippen LogP contribution in [-0.2, 0) is 13.6 Å². The second-order valence-electron chi connectivity index (χ2n) is 5.06. The monoisotopic (exact) mass is 264 g/mol. The first-order valence-corrected chi connectivity index (χ1v) is 8.58. The number of rotatable bonds is 10. The summed E-state index contributed by atoms with van der Waals surface area (Å²) in [6, 6.07) is 0. The van der Waals surface area contributed by atoms with Gasteiger partial charge in [0.05, 0.1) is 18.4 Å². The molecule has 0 N–H and O–H groups in total. The molecule has 0 saturated heterocycles. The third kappa shape index (κ3) is 9.82. The zero-order valence-corrected chi connectivity index (χ0v) is 13.0. The first-order valence-electron chi connectivity index (χ1n) is 6.85. The minimum atomic E-state index is -2.88. The molecule has 0 aliphatic heterocycles. The average Bonchev–Trinajstić information content (AvgIpc) is 2.14. The molecular weight excluding hydrogens is 235 g/mol. The van der Waals surface area contributed by atoms with Gasteiger partial charge in [-0.15, -0.1) is 0 Å². The Morgan fingerprint density at radius 3 is 1.76 bits per heavy atom. The van der Waals surface area contributed by atoms with Crippen LogP contribution >= 0.6 is 7.60 Å². The largest absolute Gasteiger partial charge is 0.331 e. The average molecular weight is 264 g/mol. The highest BCUT2D eigenvalue weighted by Crippen LogP contribution is 2.51. The van der Waals surface area contributed by atoms with Crippen molar-refractivity contribution >= 4 is 7.60 Å². The SMILES string of the molecule is CCCCCCCP(=O)(OC(C)C)OC(C)C. The van der Waals surface area contributed by atoms with Gasteiger partial charge in [0.1, 0.15) is 0 Å². The van der Waals surface area contributed by atoms with Crippen molar-refractivity contribution in [2.45, 2.75) is 78.9 Å². The smallest absolute Gasteiger partial charge is 0.306 e. The van der Waals surface area contributed by atoms with Crippen molar-refractivity contribution in [2.24, 2.45) is 0 Å². The Balaban J connectivity index is 4.06. The summed E-state index contributed by atoms with van der Waals surface area (Å²) in [6.07, 6.45) is 6.18. The summed E-state index contributed by atoms with van der Waals surface area (Å²) in [7, 11) is -2.88. The van der Waals surface area contributed by atoms with Gasteiger partial charge in [0.25, 0.3) is 0 Å². The van der Waals surface area contributed by atoms with Crippen molar-refractivity contribution in [1.82, 2.24) is 0 Å². The number of hydrogen-bond donors (Lipinski definition) is 0. The molecule has 0 unspecified atom stereocenters. The van der Waals surface area contributed by atoms with Crippen LogP contribution in [0.2, 0.25) is 0 Å². The van der Waals surface area contributed by atoms with Gasteiger partial charge in [0, 0.05) is 0 Å². The van der Waals surface area contributed by atoms with Crippen LogP contribution in [0.3, 0.4) is 0 Å². The zero-order chi connectivity index (χ0) is 13.3. The first-order chi connectivity index (χ1) is 7.89. The molecule has 3 nitrogen and oxygen atoms in total. The zero-order valence-electron chi connectivity index (χ0n) is 12.1. The van der Waals surface area contributed by atoms with Gasteiger partial charge < -0.3 is 9.05 Å². The second-order valence-corrected chi connectivity index (χ2v) is 7.15. The van der Waals surface area contributed by atoms with E-state index in [0.717, 1.165) is 12.8 Å². The normalized spacial score (nSPS) is 12.6. The molecule has 0 aliphatic carbocycles. The van der Waals surface area contributed by atoms with Crippen LogP contribution in [0.1, 0.15) is 66.7 Å². The molecule has 0 rings (SSSR count). The Labute approximate surface area is 107 Å². The minimum Gasteiger partial charge on any atom is -0.306 e. The molecule has 0 amide bonds. The van der Waals surface area contributed by atoms with Crippen LogP contribution in [0.25, 0.3) is 0 Å². The lowest BCUT2D eigenvalue weighted by Gasteiger charge is -2.22. The van der Waals surface area contributed by atoms with E-state index in [1.54, 1.807) is 0 Å². The van der Waals surface area contributed by atoms with E-state index in [1.165, 1.54) is 19.3 Å². The molecule has 4 heteroatoms. The Bertz CT molecular complexity index is 213. The molecule has 0 fully saturated rings.